The number of amides is 1. The van der Waals surface area contributed by atoms with E-state index >= 15 is 0 Å². The van der Waals surface area contributed by atoms with Gasteiger partial charge >= 0.3 is 0 Å². The zero-order valence-electron chi connectivity index (χ0n) is 14.4. The number of carbonyl (C=O) groups excluding carboxylic acids is 1. The zero-order valence-corrected chi connectivity index (χ0v) is 15.2. The van der Waals surface area contributed by atoms with Crippen LogP contribution in [0.4, 0.5) is 0 Å². The Hall–Kier alpha value is -1.07. The summed E-state index contributed by atoms with van der Waals surface area (Å²) in [5, 5.41) is 7.84. The Kier molecular flexibility index (Phi) is 6.55. The van der Waals surface area contributed by atoms with E-state index in [1.165, 1.54) is 45.2 Å². The smallest absolute Gasteiger partial charge is 0.220 e. The van der Waals surface area contributed by atoms with E-state index < -0.39 is 0 Å². The first-order valence-electron chi connectivity index (χ1n) is 9.41. The van der Waals surface area contributed by atoms with Gasteiger partial charge in [0.05, 0.1) is 11.2 Å². The van der Waals surface area contributed by atoms with E-state index in [9.17, 15) is 4.79 Å². The molecule has 134 valence electrons. The number of aryl methyl sites for hydroxylation is 1. The van der Waals surface area contributed by atoms with Crippen molar-refractivity contribution in [1.82, 2.24) is 20.0 Å². The molecular weight excluding hydrogens is 324 g/mol. The van der Waals surface area contributed by atoms with Crippen LogP contribution in [-0.4, -0.2) is 46.3 Å². The summed E-state index contributed by atoms with van der Waals surface area (Å²) in [5.74, 6) is 0.914. The summed E-state index contributed by atoms with van der Waals surface area (Å²) in [6.45, 7) is 4.03. The maximum Gasteiger partial charge on any atom is 0.220 e. The largest absolute Gasteiger partial charge is 0.356 e. The van der Waals surface area contributed by atoms with Gasteiger partial charge in [0.25, 0.3) is 0 Å². The van der Waals surface area contributed by atoms with E-state index in [0.29, 0.717) is 18.0 Å². The molecule has 2 fully saturated rings. The Morgan fingerprint density at radius 1 is 1.29 bits per heavy atom. The third-order valence-corrected chi connectivity index (χ3v) is 5.65. The van der Waals surface area contributed by atoms with Crippen molar-refractivity contribution >= 4 is 17.5 Å². The molecule has 0 unspecified atom stereocenters. The van der Waals surface area contributed by atoms with Gasteiger partial charge in [-0.05, 0) is 57.5 Å². The van der Waals surface area contributed by atoms with Gasteiger partial charge in [-0.25, -0.2) is 0 Å². The summed E-state index contributed by atoms with van der Waals surface area (Å²) < 4.78 is 1.81. The highest BCUT2D eigenvalue weighted by Gasteiger charge is 2.32. The van der Waals surface area contributed by atoms with Crippen LogP contribution in [0.5, 0.6) is 0 Å². The fraction of sp³-hybridized carbons (Fsp3) is 0.778. The van der Waals surface area contributed by atoms with Crippen molar-refractivity contribution < 1.29 is 4.79 Å². The van der Waals surface area contributed by atoms with E-state index in [0.717, 1.165) is 31.3 Å². The van der Waals surface area contributed by atoms with Crippen molar-refractivity contribution in [3.8, 4) is 0 Å². The molecule has 0 bridgehead atoms. The molecule has 2 saturated heterocycles. The summed E-state index contributed by atoms with van der Waals surface area (Å²) in [6.07, 6.45) is 12.7. The van der Waals surface area contributed by atoms with Crippen molar-refractivity contribution in [2.45, 2.75) is 64.0 Å². The lowest BCUT2D eigenvalue weighted by molar-refractivity contribution is -0.121. The quantitative estimate of drug-likeness (QED) is 0.767. The minimum Gasteiger partial charge on any atom is -0.356 e. The van der Waals surface area contributed by atoms with Gasteiger partial charge in [-0.2, -0.15) is 5.10 Å². The van der Waals surface area contributed by atoms with E-state index in [4.69, 9.17) is 11.6 Å². The number of piperidine rings is 2. The molecule has 5 nitrogen and oxygen atoms in total. The summed E-state index contributed by atoms with van der Waals surface area (Å²) in [5.41, 5.74) is 0. The monoisotopic (exact) mass is 352 g/mol. The molecule has 6 heteroatoms. The molecule has 0 aliphatic carbocycles. The molecule has 0 aromatic carbocycles. The van der Waals surface area contributed by atoms with Crippen LogP contribution in [0.2, 0.25) is 5.02 Å². The van der Waals surface area contributed by atoms with Gasteiger partial charge in [-0.1, -0.05) is 18.0 Å². The average Bonchev–Trinajstić information content (AvgIpc) is 3.02. The van der Waals surface area contributed by atoms with Crippen molar-refractivity contribution in [2.75, 3.05) is 19.6 Å². The predicted molar refractivity (Wildman–Crippen MR) is 96.0 cm³/mol. The Bertz CT molecular complexity index is 531. The minimum atomic E-state index is 0.196. The lowest BCUT2D eigenvalue weighted by atomic mass is 9.81. The van der Waals surface area contributed by atoms with Gasteiger partial charge < -0.3 is 10.2 Å². The normalized spacial score (nSPS) is 24.5. The second-order valence-corrected chi connectivity index (χ2v) is 7.60. The van der Waals surface area contributed by atoms with Gasteiger partial charge in [0, 0.05) is 31.7 Å². The van der Waals surface area contributed by atoms with Crippen LogP contribution >= 0.6 is 11.6 Å². The third-order valence-electron chi connectivity index (χ3n) is 5.46. The van der Waals surface area contributed by atoms with Crippen molar-refractivity contribution in [1.29, 1.82) is 0 Å². The van der Waals surface area contributed by atoms with Crippen molar-refractivity contribution in [3.63, 3.8) is 0 Å². The molecule has 2 aliphatic rings. The average molecular weight is 353 g/mol. The fourth-order valence-corrected chi connectivity index (χ4v) is 4.40. The first-order chi connectivity index (χ1) is 11.7. The standard InChI is InChI=1S/C18H29ClN4O/c19-16-13-21-23(14-16)12-4-9-20-18(24)8-7-15-5-3-11-22-10-2-1-6-17(15)22/h13-15,17H,1-12H2,(H,20,24)/t15-,17+/m0/s1. The van der Waals surface area contributed by atoms with E-state index in [-0.39, 0.29) is 5.91 Å². The fourth-order valence-electron chi connectivity index (χ4n) is 4.25. The lowest BCUT2D eigenvalue weighted by Crippen LogP contribution is -2.48. The molecule has 0 spiro atoms. The minimum absolute atomic E-state index is 0.196. The number of hydrogen-bond donors (Lipinski definition) is 1. The van der Waals surface area contributed by atoms with Crippen molar-refractivity contribution in [2.24, 2.45) is 5.92 Å². The topological polar surface area (TPSA) is 50.2 Å². The molecule has 3 rings (SSSR count). The molecule has 0 radical (unpaired) electrons. The molecule has 3 heterocycles. The van der Waals surface area contributed by atoms with E-state index in [2.05, 4.69) is 15.3 Å². The Morgan fingerprint density at radius 2 is 2.17 bits per heavy atom. The number of aromatic nitrogens is 2. The van der Waals surface area contributed by atoms with Crippen LogP contribution in [-0.2, 0) is 11.3 Å². The molecule has 2 aliphatic heterocycles. The summed E-state index contributed by atoms with van der Waals surface area (Å²) >= 11 is 5.83. The molecule has 1 aromatic rings. The molecule has 1 aromatic heterocycles. The summed E-state index contributed by atoms with van der Waals surface area (Å²) in [6, 6.07) is 0.741. The highest BCUT2D eigenvalue weighted by atomic mass is 35.5. The maximum absolute atomic E-state index is 12.1. The van der Waals surface area contributed by atoms with E-state index in [1.807, 2.05) is 10.9 Å². The van der Waals surface area contributed by atoms with Gasteiger partial charge in [0.15, 0.2) is 0 Å². The molecule has 24 heavy (non-hydrogen) atoms. The zero-order chi connectivity index (χ0) is 16.8. The van der Waals surface area contributed by atoms with Gasteiger partial charge in [0.2, 0.25) is 5.91 Å². The SMILES string of the molecule is O=C(CC[C@@H]1CCCN2CCCC[C@H]12)NCCCn1cc(Cl)cn1. The Balaban J connectivity index is 1.31. The van der Waals surface area contributed by atoms with E-state index in [1.54, 1.807) is 6.20 Å². The van der Waals surface area contributed by atoms with Crippen LogP contribution < -0.4 is 5.32 Å². The highest BCUT2D eigenvalue weighted by Crippen LogP contribution is 2.33. The maximum atomic E-state index is 12.1. The number of fused-ring (bicyclic) bond motifs is 1. The Morgan fingerprint density at radius 3 is 3.00 bits per heavy atom. The predicted octanol–water partition coefficient (Wildman–Crippen LogP) is 3.09. The van der Waals surface area contributed by atoms with Crippen LogP contribution in [0.3, 0.4) is 0 Å². The van der Waals surface area contributed by atoms with Crippen LogP contribution in [0.15, 0.2) is 12.4 Å². The molecule has 0 saturated carbocycles. The lowest BCUT2D eigenvalue weighted by Gasteiger charge is -2.44. The number of rotatable bonds is 7. The molecular formula is C18H29ClN4O. The number of carbonyl (C=O) groups is 1. The second kappa shape index (κ2) is 8.86. The van der Waals surface area contributed by atoms with Gasteiger partial charge in [-0.15, -0.1) is 0 Å². The van der Waals surface area contributed by atoms with Crippen LogP contribution in [0.25, 0.3) is 0 Å². The molecule has 2 atom stereocenters. The first kappa shape index (κ1) is 17.7. The number of nitrogens with one attached hydrogen (secondary N) is 1. The van der Waals surface area contributed by atoms with Crippen LogP contribution in [0.1, 0.15) is 51.4 Å². The molecule has 1 amide bonds. The molecule has 1 N–H and O–H groups in total. The van der Waals surface area contributed by atoms with Crippen LogP contribution in [0, 0.1) is 5.92 Å². The number of halogens is 1. The number of hydrogen-bond acceptors (Lipinski definition) is 3. The van der Waals surface area contributed by atoms with Gasteiger partial charge in [-0.3, -0.25) is 9.48 Å². The third kappa shape index (κ3) is 4.96. The second-order valence-electron chi connectivity index (χ2n) is 7.17. The van der Waals surface area contributed by atoms with Gasteiger partial charge in [0.1, 0.15) is 0 Å². The number of nitrogens with zero attached hydrogens (tertiary/aromatic N) is 3. The van der Waals surface area contributed by atoms with Crippen molar-refractivity contribution in [3.05, 3.63) is 17.4 Å². The Labute approximate surface area is 149 Å². The summed E-state index contributed by atoms with van der Waals surface area (Å²) in [4.78, 5) is 14.8. The highest BCUT2D eigenvalue weighted by molar-refractivity contribution is 6.30. The summed E-state index contributed by atoms with van der Waals surface area (Å²) in [7, 11) is 0. The first-order valence-corrected chi connectivity index (χ1v) is 9.79.